The first-order valence-corrected chi connectivity index (χ1v) is 5.95. The number of hydrogen-bond acceptors (Lipinski definition) is 4. The molecule has 0 aliphatic carbocycles. The molecule has 0 aliphatic rings. The van der Waals surface area contributed by atoms with E-state index in [1.807, 2.05) is 60.7 Å². The van der Waals surface area contributed by atoms with Crippen LogP contribution in [-0.4, -0.2) is 5.50 Å². The predicted molar refractivity (Wildman–Crippen MR) is 74.7 cm³/mol. The molecular formula is C13H12AgN4S-. The number of rotatable bonds is 5. The summed E-state index contributed by atoms with van der Waals surface area (Å²) in [4.78, 5) is 0. The third-order valence-corrected chi connectivity index (χ3v) is 2.29. The molecule has 0 radical (unpaired) electrons. The van der Waals surface area contributed by atoms with Gasteiger partial charge in [0.15, 0.2) is 0 Å². The normalized spacial score (nSPS) is 11.8. The van der Waals surface area contributed by atoms with Crippen molar-refractivity contribution in [3.8, 4) is 0 Å². The molecule has 0 fully saturated rings. The quantitative estimate of drug-likeness (QED) is 0.380. The van der Waals surface area contributed by atoms with E-state index in [0.29, 0.717) is 0 Å². The number of benzene rings is 2. The van der Waals surface area contributed by atoms with Crippen LogP contribution in [0.5, 0.6) is 0 Å². The summed E-state index contributed by atoms with van der Waals surface area (Å²) in [5.41, 5.74) is 7.86. The first kappa shape index (κ1) is 15.9. The van der Waals surface area contributed by atoms with Crippen molar-refractivity contribution in [2.45, 2.75) is 5.50 Å². The topological polar surface area (TPSA) is 50.9 Å². The van der Waals surface area contributed by atoms with Gasteiger partial charge in [0.2, 0.25) is 0 Å². The Labute approximate surface area is 133 Å². The monoisotopic (exact) mass is 363 g/mol. The molecule has 2 rings (SSSR count). The molecule has 0 aliphatic heterocycles. The van der Waals surface area contributed by atoms with Gasteiger partial charge >= 0.3 is 22.4 Å². The van der Waals surface area contributed by atoms with E-state index in [-0.39, 0.29) is 22.4 Å². The Morgan fingerprint density at radius 3 is 2.16 bits per heavy atom. The van der Waals surface area contributed by atoms with Gasteiger partial charge in [-0.15, -0.1) is 5.69 Å². The number of para-hydroxylation sites is 1. The summed E-state index contributed by atoms with van der Waals surface area (Å²) in [6.45, 7) is 0. The second-order valence-electron chi connectivity index (χ2n) is 3.48. The Morgan fingerprint density at radius 2 is 1.53 bits per heavy atom. The third kappa shape index (κ3) is 6.04. The van der Waals surface area contributed by atoms with Gasteiger partial charge in [0, 0.05) is 0 Å². The summed E-state index contributed by atoms with van der Waals surface area (Å²) >= 11 is 5.07. The minimum atomic E-state index is -0.578. The van der Waals surface area contributed by atoms with Crippen LogP contribution < -0.4 is 5.43 Å². The molecule has 19 heavy (non-hydrogen) atoms. The van der Waals surface area contributed by atoms with Gasteiger partial charge in [0.1, 0.15) is 0 Å². The van der Waals surface area contributed by atoms with Crippen molar-refractivity contribution in [2.75, 3.05) is 0 Å². The van der Waals surface area contributed by atoms with Crippen LogP contribution in [0.25, 0.3) is 5.43 Å². The Kier molecular flexibility index (Phi) is 7.47. The maximum absolute atomic E-state index is 5.07. The molecule has 102 valence electrons. The Balaban J connectivity index is 0.00000180. The summed E-state index contributed by atoms with van der Waals surface area (Å²) in [7, 11) is 0. The number of hydrogen-bond donors (Lipinski definition) is 1. The molecule has 0 amide bonds. The van der Waals surface area contributed by atoms with E-state index in [4.69, 9.17) is 12.6 Å². The fourth-order valence-electron chi connectivity index (χ4n) is 1.27. The molecule has 0 bridgehead atoms. The van der Waals surface area contributed by atoms with E-state index < -0.39 is 5.50 Å². The van der Waals surface area contributed by atoms with E-state index >= 15 is 0 Å². The molecular weight excluding hydrogens is 352 g/mol. The van der Waals surface area contributed by atoms with Gasteiger partial charge in [-0.25, -0.2) is 0 Å². The largest absolute Gasteiger partial charge is 1.00 e. The molecule has 0 saturated carbocycles. The maximum atomic E-state index is 5.07. The predicted octanol–water partition coefficient (Wildman–Crippen LogP) is 3.81. The average molecular weight is 364 g/mol. The maximum Gasteiger partial charge on any atom is 1.00 e. The van der Waals surface area contributed by atoms with Crippen molar-refractivity contribution < 1.29 is 22.4 Å². The summed E-state index contributed by atoms with van der Waals surface area (Å²) in [6, 6.07) is 18.9. The molecule has 1 unspecified atom stereocenters. The van der Waals surface area contributed by atoms with Crippen molar-refractivity contribution >= 4 is 24.0 Å². The van der Waals surface area contributed by atoms with E-state index in [1.54, 1.807) is 0 Å². The fraction of sp³-hybridized carbons (Fsp3) is 0.0769. The second-order valence-corrected chi connectivity index (χ2v) is 3.93. The molecule has 1 atom stereocenters. The average Bonchev–Trinajstić information content (AvgIpc) is 2.45. The SMILES string of the molecule is [Ag+].[S-]C(N=Nc1ccccc1)N[N-]c1ccccc1. The fourth-order valence-corrected chi connectivity index (χ4v) is 1.37. The Bertz CT molecular complexity index is 493. The number of nitrogens with one attached hydrogen (secondary N) is 1. The van der Waals surface area contributed by atoms with Gasteiger partial charge in [-0.2, -0.15) is 10.2 Å². The van der Waals surface area contributed by atoms with Crippen LogP contribution in [0.15, 0.2) is 70.9 Å². The van der Waals surface area contributed by atoms with Crippen LogP contribution in [0, 0.1) is 0 Å². The van der Waals surface area contributed by atoms with Crippen LogP contribution in [0.1, 0.15) is 0 Å². The number of nitrogens with zero attached hydrogens (tertiary/aromatic N) is 3. The summed E-state index contributed by atoms with van der Waals surface area (Å²) in [5.74, 6) is 0. The van der Waals surface area contributed by atoms with Crippen molar-refractivity contribution in [3.05, 3.63) is 66.1 Å². The zero-order valence-electron chi connectivity index (χ0n) is 9.90. The third-order valence-electron chi connectivity index (χ3n) is 2.09. The van der Waals surface area contributed by atoms with Crippen molar-refractivity contribution in [3.63, 3.8) is 0 Å². The van der Waals surface area contributed by atoms with Gasteiger partial charge in [-0.1, -0.05) is 48.5 Å². The first-order valence-electron chi connectivity index (χ1n) is 5.47. The van der Waals surface area contributed by atoms with Crippen molar-refractivity contribution in [1.82, 2.24) is 5.43 Å². The molecule has 0 heterocycles. The van der Waals surface area contributed by atoms with Gasteiger partial charge < -0.3 is 23.5 Å². The van der Waals surface area contributed by atoms with Crippen LogP contribution >= 0.6 is 0 Å². The summed E-state index contributed by atoms with van der Waals surface area (Å²) in [5, 5.41) is 7.96. The molecule has 6 heteroatoms. The molecule has 0 aromatic heterocycles. The van der Waals surface area contributed by atoms with Crippen molar-refractivity contribution in [1.29, 1.82) is 0 Å². The summed E-state index contributed by atoms with van der Waals surface area (Å²) < 4.78 is 0. The minimum Gasteiger partial charge on any atom is -0.750 e. The zero-order valence-corrected chi connectivity index (χ0v) is 12.2. The molecule has 2 aromatic rings. The van der Waals surface area contributed by atoms with Gasteiger partial charge in [-0.05, 0) is 17.6 Å². The molecule has 0 spiro atoms. The van der Waals surface area contributed by atoms with Gasteiger partial charge in [-0.3, -0.25) is 0 Å². The van der Waals surface area contributed by atoms with E-state index in [0.717, 1.165) is 11.4 Å². The van der Waals surface area contributed by atoms with Gasteiger partial charge in [0.25, 0.3) is 0 Å². The van der Waals surface area contributed by atoms with Gasteiger partial charge in [0.05, 0.1) is 5.69 Å². The van der Waals surface area contributed by atoms with E-state index in [1.165, 1.54) is 0 Å². The summed E-state index contributed by atoms with van der Waals surface area (Å²) in [6.07, 6.45) is 0. The molecule has 0 saturated heterocycles. The van der Waals surface area contributed by atoms with Crippen LogP contribution in [0.2, 0.25) is 0 Å². The second kappa shape index (κ2) is 8.90. The van der Waals surface area contributed by atoms with Crippen LogP contribution in [0.3, 0.4) is 0 Å². The molecule has 2 aromatic carbocycles. The molecule has 4 nitrogen and oxygen atoms in total. The zero-order chi connectivity index (χ0) is 12.6. The van der Waals surface area contributed by atoms with E-state index in [2.05, 4.69) is 21.1 Å². The number of azo groups is 1. The minimum absolute atomic E-state index is 0. The van der Waals surface area contributed by atoms with Crippen molar-refractivity contribution in [2.24, 2.45) is 10.2 Å². The first-order chi connectivity index (χ1) is 8.84. The Morgan fingerprint density at radius 1 is 0.947 bits per heavy atom. The molecule has 1 N–H and O–H groups in total. The van der Waals surface area contributed by atoms with E-state index in [9.17, 15) is 0 Å². The van der Waals surface area contributed by atoms with Crippen LogP contribution in [-0.2, 0) is 35.0 Å². The standard InChI is InChI=1S/C13H13N4S.Ag/c18-13(16-14-11-7-3-1-4-8-11)17-15-12-9-5-2-6-10-12;/h1-10,13,16,18H;/q-1;+1/p-1. The smallest absolute Gasteiger partial charge is 0.750 e. The van der Waals surface area contributed by atoms with Crippen LogP contribution in [0.4, 0.5) is 11.4 Å². The Hall–Kier alpha value is -1.11.